The summed E-state index contributed by atoms with van der Waals surface area (Å²) < 4.78 is 0. The summed E-state index contributed by atoms with van der Waals surface area (Å²) >= 11 is 6.29. The van der Waals surface area contributed by atoms with Gasteiger partial charge in [-0.25, -0.2) is 0 Å². The first kappa shape index (κ1) is 8.88. The molecule has 0 aromatic carbocycles. The summed E-state index contributed by atoms with van der Waals surface area (Å²) in [5, 5.41) is 16.9. The lowest BCUT2D eigenvalue weighted by Gasteiger charge is -2.09. The molecule has 0 rings (SSSR count). The predicted molar refractivity (Wildman–Crippen MR) is 39.6 cm³/mol. The molecule has 2 N–H and O–H groups in total. The maximum atomic E-state index is 8.45. The van der Waals surface area contributed by atoms with Gasteiger partial charge in [-0.1, -0.05) is 31.9 Å². The molecule has 0 saturated heterocycles. The Labute approximate surface area is 65.2 Å². The zero-order valence-corrected chi connectivity index (χ0v) is 7.39. The molecule has 0 amide bonds. The minimum Gasteiger partial charge on any atom is -0.395 e. The van der Waals surface area contributed by atoms with Crippen molar-refractivity contribution in [3.8, 4) is 0 Å². The van der Waals surface area contributed by atoms with Gasteiger partial charge in [0.05, 0.1) is 22.9 Å². The van der Waals surface area contributed by atoms with Crippen molar-refractivity contribution in [1.29, 1.82) is 0 Å². The van der Waals surface area contributed by atoms with Gasteiger partial charge in [0.1, 0.15) is 0 Å². The van der Waals surface area contributed by atoms with Gasteiger partial charge in [-0.2, -0.15) is 0 Å². The summed E-state index contributed by atoms with van der Waals surface area (Å²) in [4.78, 5) is -0.0972. The molecule has 0 unspecified atom stereocenters. The molecule has 0 radical (unpaired) electrons. The second-order valence-corrected chi connectivity index (χ2v) is 3.75. The normalized spacial score (nSPS) is 18.0. The van der Waals surface area contributed by atoms with Gasteiger partial charge >= 0.3 is 0 Å². The number of rotatable bonds is 3. The number of aliphatic hydroxyl groups is 2. The van der Waals surface area contributed by atoms with Gasteiger partial charge in [-0.3, -0.25) is 0 Å². The van der Waals surface area contributed by atoms with E-state index in [1.54, 1.807) is 0 Å². The van der Waals surface area contributed by atoms with Crippen molar-refractivity contribution in [2.24, 2.45) is 0 Å². The van der Waals surface area contributed by atoms with E-state index >= 15 is 0 Å². The molecule has 0 aliphatic carbocycles. The van der Waals surface area contributed by atoms with Crippen molar-refractivity contribution in [2.45, 2.75) is 9.65 Å². The summed E-state index contributed by atoms with van der Waals surface area (Å²) in [6.07, 6.45) is 0. The van der Waals surface area contributed by atoms with E-state index in [4.69, 9.17) is 10.2 Å². The molecule has 0 saturated carbocycles. The van der Waals surface area contributed by atoms with Crippen molar-refractivity contribution in [3.63, 3.8) is 0 Å². The van der Waals surface area contributed by atoms with Crippen LogP contribution in [-0.2, 0) is 0 Å². The Balaban J connectivity index is 3.29. The Morgan fingerprint density at radius 2 is 1.25 bits per heavy atom. The second kappa shape index (κ2) is 4.73. The first-order valence-electron chi connectivity index (χ1n) is 2.22. The van der Waals surface area contributed by atoms with Crippen LogP contribution in [0.1, 0.15) is 0 Å². The van der Waals surface area contributed by atoms with Crippen molar-refractivity contribution >= 4 is 31.9 Å². The fraction of sp³-hybridized carbons (Fsp3) is 1.00. The second-order valence-electron chi connectivity index (χ2n) is 1.40. The Bertz CT molecular complexity index is 52.0. The molecule has 0 aliphatic rings. The summed E-state index contributed by atoms with van der Waals surface area (Å²) in [5.41, 5.74) is 0. The summed E-state index contributed by atoms with van der Waals surface area (Å²) in [6, 6.07) is 0. The molecule has 0 heterocycles. The topological polar surface area (TPSA) is 40.5 Å². The lowest BCUT2D eigenvalue weighted by atomic mass is 10.3. The van der Waals surface area contributed by atoms with Gasteiger partial charge in [0.25, 0.3) is 0 Å². The van der Waals surface area contributed by atoms with E-state index in [1.165, 1.54) is 0 Å². The zero-order valence-electron chi connectivity index (χ0n) is 4.22. The average molecular weight is 248 g/mol. The third kappa shape index (κ3) is 3.02. The maximum Gasteiger partial charge on any atom is 0.0568 e. The number of hydrogen-bond acceptors (Lipinski definition) is 2. The lowest BCUT2D eigenvalue weighted by molar-refractivity contribution is 0.256. The standard InChI is InChI=1S/C4H8Br2O2/c5-3(1-7)4(6)2-8/h3-4,7-8H,1-2H2/t3-,4-/m0/s1. The van der Waals surface area contributed by atoms with Crippen molar-refractivity contribution in [3.05, 3.63) is 0 Å². The van der Waals surface area contributed by atoms with Crippen LogP contribution in [0.15, 0.2) is 0 Å². The minimum atomic E-state index is -0.0486. The third-order valence-electron chi connectivity index (χ3n) is 0.741. The van der Waals surface area contributed by atoms with Gasteiger partial charge in [0.15, 0.2) is 0 Å². The molecule has 4 heteroatoms. The Hall–Kier alpha value is 0.880. The minimum absolute atomic E-state index is 0.0382. The van der Waals surface area contributed by atoms with Crippen molar-refractivity contribution in [1.82, 2.24) is 0 Å². The first-order valence-corrected chi connectivity index (χ1v) is 4.05. The van der Waals surface area contributed by atoms with Crippen LogP contribution in [0.25, 0.3) is 0 Å². The van der Waals surface area contributed by atoms with Crippen LogP contribution in [0.2, 0.25) is 0 Å². The van der Waals surface area contributed by atoms with E-state index in [9.17, 15) is 0 Å². The van der Waals surface area contributed by atoms with Crippen LogP contribution >= 0.6 is 31.9 Å². The smallest absolute Gasteiger partial charge is 0.0568 e. The van der Waals surface area contributed by atoms with Gasteiger partial charge < -0.3 is 10.2 Å². The number of halogens is 2. The third-order valence-corrected chi connectivity index (χ3v) is 3.31. The SMILES string of the molecule is OC[C@H](Br)[C@@H](Br)CO. The van der Waals surface area contributed by atoms with Crippen LogP contribution in [0, 0.1) is 0 Å². The highest BCUT2D eigenvalue weighted by atomic mass is 79.9. The van der Waals surface area contributed by atoms with E-state index in [1.807, 2.05) is 0 Å². The van der Waals surface area contributed by atoms with Gasteiger partial charge in [-0.15, -0.1) is 0 Å². The fourth-order valence-electron chi connectivity index (χ4n) is 0.229. The Morgan fingerprint density at radius 1 is 1.00 bits per heavy atom. The number of hydrogen-bond donors (Lipinski definition) is 2. The summed E-state index contributed by atoms with van der Waals surface area (Å²) in [5.74, 6) is 0. The highest BCUT2D eigenvalue weighted by molar-refractivity contribution is 9.12. The number of aliphatic hydroxyl groups excluding tert-OH is 2. The van der Waals surface area contributed by atoms with Crippen LogP contribution in [0.4, 0.5) is 0 Å². The van der Waals surface area contributed by atoms with E-state index in [0.29, 0.717) is 0 Å². The monoisotopic (exact) mass is 246 g/mol. The molecule has 0 aromatic rings. The van der Waals surface area contributed by atoms with E-state index in [2.05, 4.69) is 31.9 Å². The molecule has 8 heavy (non-hydrogen) atoms. The molecule has 0 aromatic heterocycles. The van der Waals surface area contributed by atoms with E-state index in [-0.39, 0.29) is 22.9 Å². The number of alkyl halides is 2. The van der Waals surface area contributed by atoms with Crippen molar-refractivity contribution < 1.29 is 10.2 Å². The molecule has 0 bridgehead atoms. The summed E-state index contributed by atoms with van der Waals surface area (Å²) in [7, 11) is 0. The van der Waals surface area contributed by atoms with Crippen LogP contribution in [-0.4, -0.2) is 33.1 Å². The molecular formula is C4H8Br2O2. The van der Waals surface area contributed by atoms with E-state index < -0.39 is 0 Å². The van der Waals surface area contributed by atoms with Gasteiger partial charge in [0, 0.05) is 0 Å². The molecule has 0 fully saturated rings. The molecular weight excluding hydrogens is 240 g/mol. The van der Waals surface area contributed by atoms with E-state index in [0.717, 1.165) is 0 Å². The Morgan fingerprint density at radius 3 is 1.38 bits per heavy atom. The largest absolute Gasteiger partial charge is 0.395 e. The van der Waals surface area contributed by atoms with Gasteiger partial charge in [-0.05, 0) is 0 Å². The van der Waals surface area contributed by atoms with Gasteiger partial charge in [0.2, 0.25) is 0 Å². The summed E-state index contributed by atoms with van der Waals surface area (Å²) in [6.45, 7) is 0.0763. The highest BCUT2D eigenvalue weighted by Gasteiger charge is 2.11. The van der Waals surface area contributed by atoms with Crippen molar-refractivity contribution in [2.75, 3.05) is 13.2 Å². The molecule has 50 valence electrons. The lowest BCUT2D eigenvalue weighted by Crippen LogP contribution is -2.21. The highest BCUT2D eigenvalue weighted by Crippen LogP contribution is 2.12. The van der Waals surface area contributed by atoms with Crippen LogP contribution < -0.4 is 0 Å². The zero-order chi connectivity index (χ0) is 6.57. The predicted octanol–water partition coefficient (Wildman–Crippen LogP) is 0.498. The molecule has 2 nitrogen and oxygen atoms in total. The Kier molecular flexibility index (Phi) is 5.25. The fourth-order valence-corrected chi connectivity index (χ4v) is 0.563. The first-order chi connectivity index (χ1) is 3.72. The quantitative estimate of drug-likeness (QED) is 0.714. The average Bonchev–Trinajstić information content (AvgIpc) is 1.84. The molecule has 0 aliphatic heterocycles. The maximum absolute atomic E-state index is 8.45. The van der Waals surface area contributed by atoms with Crippen LogP contribution in [0.5, 0.6) is 0 Å². The molecule has 0 spiro atoms. The molecule has 2 atom stereocenters. The van der Waals surface area contributed by atoms with Crippen LogP contribution in [0.3, 0.4) is 0 Å².